The minimum absolute atomic E-state index is 0.0589. The van der Waals surface area contributed by atoms with Crippen molar-refractivity contribution in [3.8, 4) is 0 Å². The lowest BCUT2D eigenvalue weighted by atomic mass is 9.98. The number of carboxylic acids is 1. The number of hydrogen-bond donors (Lipinski definition) is 3. The Balaban J connectivity index is 2.26. The van der Waals surface area contributed by atoms with Gasteiger partial charge in [-0.05, 0) is 18.6 Å². The van der Waals surface area contributed by atoms with Gasteiger partial charge in [-0.25, -0.2) is 4.79 Å². The number of aliphatic carboxylic acids is 1. The molecule has 0 unspecified atom stereocenters. The lowest BCUT2D eigenvalue weighted by molar-refractivity contribution is -0.145. The minimum Gasteiger partial charge on any atom is -0.480 e. The number of rotatable bonds is 5. The van der Waals surface area contributed by atoms with Crippen molar-refractivity contribution in [2.45, 2.75) is 25.0 Å². The van der Waals surface area contributed by atoms with Crippen molar-refractivity contribution in [3.63, 3.8) is 0 Å². The zero-order valence-electron chi connectivity index (χ0n) is 12.2. The molecule has 118 valence electrons. The Morgan fingerprint density at radius 1 is 1.41 bits per heavy atom. The molecule has 0 saturated carbocycles. The second kappa shape index (κ2) is 7.09. The van der Waals surface area contributed by atoms with E-state index in [1.54, 1.807) is 30.3 Å². The number of anilines is 1. The number of aliphatic hydroxyl groups is 1. The molecule has 22 heavy (non-hydrogen) atoms. The van der Waals surface area contributed by atoms with E-state index in [2.05, 4.69) is 11.9 Å². The Morgan fingerprint density at radius 2 is 2.14 bits per heavy atom. The Labute approximate surface area is 129 Å². The standard InChI is InChI=1S/C16H20N2O4/c1-2-8-17-13-6-4-3-5-12(13)15(20)18-9-7-11(19)10-14(18)16(21)22/h2-6,11,14,17,19H,1,7-10H2,(H,21,22)/t11-,14+/m1/s1. The summed E-state index contributed by atoms with van der Waals surface area (Å²) in [6.45, 7) is 4.35. The van der Waals surface area contributed by atoms with E-state index in [1.807, 2.05) is 0 Å². The molecule has 1 aromatic carbocycles. The summed E-state index contributed by atoms with van der Waals surface area (Å²) in [6, 6.07) is 5.98. The summed E-state index contributed by atoms with van der Waals surface area (Å²) < 4.78 is 0. The fourth-order valence-corrected chi connectivity index (χ4v) is 2.58. The van der Waals surface area contributed by atoms with Crippen LogP contribution in [-0.2, 0) is 4.79 Å². The summed E-state index contributed by atoms with van der Waals surface area (Å²) in [7, 11) is 0. The Bertz CT molecular complexity index is 573. The number of carbonyl (C=O) groups is 2. The normalized spacial score (nSPS) is 21.2. The SMILES string of the molecule is C=CCNc1ccccc1C(=O)N1CC[C@@H](O)C[C@H]1C(=O)O. The van der Waals surface area contributed by atoms with Crippen LogP contribution in [0, 0.1) is 0 Å². The maximum atomic E-state index is 12.7. The van der Waals surface area contributed by atoms with Crippen LogP contribution in [0.1, 0.15) is 23.2 Å². The fourth-order valence-electron chi connectivity index (χ4n) is 2.58. The molecule has 0 aliphatic carbocycles. The first kappa shape index (κ1) is 16.0. The highest BCUT2D eigenvalue weighted by Crippen LogP contribution is 2.24. The van der Waals surface area contributed by atoms with Crippen molar-refractivity contribution in [3.05, 3.63) is 42.5 Å². The molecular weight excluding hydrogens is 284 g/mol. The molecule has 2 atom stereocenters. The van der Waals surface area contributed by atoms with Crippen LogP contribution in [0.5, 0.6) is 0 Å². The van der Waals surface area contributed by atoms with Gasteiger partial charge in [-0.15, -0.1) is 6.58 Å². The Kier molecular flexibility index (Phi) is 5.16. The maximum absolute atomic E-state index is 12.7. The quantitative estimate of drug-likeness (QED) is 0.714. The van der Waals surface area contributed by atoms with E-state index in [4.69, 9.17) is 0 Å². The first-order chi connectivity index (χ1) is 10.5. The van der Waals surface area contributed by atoms with E-state index >= 15 is 0 Å². The molecule has 3 N–H and O–H groups in total. The number of para-hydroxylation sites is 1. The number of aliphatic hydroxyl groups excluding tert-OH is 1. The van der Waals surface area contributed by atoms with Crippen LogP contribution in [0.2, 0.25) is 0 Å². The second-order valence-electron chi connectivity index (χ2n) is 5.25. The molecule has 1 aliphatic rings. The van der Waals surface area contributed by atoms with Crippen LogP contribution < -0.4 is 5.32 Å². The Hall–Kier alpha value is -2.34. The van der Waals surface area contributed by atoms with E-state index in [9.17, 15) is 19.8 Å². The van der Waals surface area contributed by atoms with Crippen LogP contribution in [0.4, 0.5) is 5.69 Å². The number of amides is 1. The van der Waals surface area contributed by atoms with E-state index in [0.717, 1.165) is 0 Å². The van der Waals surface area contributed by atoms with Gasteiger partial charge in [-0.1, -0.05) is 18.2 Å². The third kappa shape index (κ3) is 3.46. The Morgan fingerprint density at radius 3 is 2.82 bits per heavy atom. The zero-order chi connectivity index (χ0) is 16.1. The van der Waals surface area contributed by atoms with Crippen LogP contribution >= 0.6 is 0 Å². The maximum Gasteiger partial charge on any atom is 0.326 e. The largest absolute Gasteiger partial charge is 0.480 e. The summed E-state index contributed by atoms with van der Waals surface area (Å²) in [5, 5.41) is 22.0. The monoisotopic (exact) mass is 304 g/mol. The van der Waals surface area contributed by atoms with E-state index in [1.165, 1.54) is 4.90 Å². The van der Waals surface area contributed by atoms with E-state index in [0.29, 0.717) is 24.2 Å². The van der Waals surface area contributed by atoms with Gasteiger partial charge in [-0.3, -0.25) is 4.79 Å². The highest BCUT2D eigenvalue weighted by atomic mass is 16.4. The second-order valence-corrected chi connectivity index (χ2v) is 5.25. The molecule has 0 bridgehead atoms. The molecule has 2 rings (SSSR count). The van der Waals surface area contributed by atoms with Gasteiger partial charge in [0.15, 0.2) is 0 Å². The third-order valence-corrected chi connectivity index (χ3v) is 3.72. The zero-order valence-corrected chi connectivity index (χ0v) is 12.2. The van der Waals surface area contributed by atoms with Gasteiger partial charge >= 0.3 is 5.97 Å². The van der Waals surface area contributed by atoms with Crippen LogP contribution in [0.3, 0.4) is 0 Å². The van der Waals surface area contributed by atoms with Crippen LogP contribution in [0.15, 0.2) is 36.9 Å². The highest BCUT2D eigenvalue weighted by Gasteiger charge is 2.36. The van der Waals surface area contributed by atoms with Crippen molar-refractivity contribution in [1.29, 1.82) is 0 Å². The van der Waals surface area contributed by atoms with Crippen LogP contribution in [0.25, 0.3) is 0 Å². The molecule has 6 nitrogen and oxygen atoms in total. The van der Waals surface area contributed by atoms with Gasteiger partial charge in [0, 0.05) is 25.2 Å². The summed E-state index contributed by atoms with van der Waals surface area (Å²) >= 11 is 0. The number of benzene rings is 1. The first-order valence-electron chi connectivity index (χ1n) is 7.20. The summed E-state index contributed by atoms with van der Waals surface area (Å²) in [5.74, 6) is -1.44. The van der Waals surface area contributed by atoms with Gasteiger partial charge in [0.05, 0.1) is 11.7 Å². The molecule has 1 fully saturated rings. The fraction of sp³-hybridized carbons (Fsp3) is 0.375. The number of hydrogen-bond acceptors (Lipinski definition) is 4. The van der Waals surface area contributed by atoms with Crippen molar-refractivity contribution in [2.75, 3.05) is 18.4 Å². The summed E-state index contributed by atoms with van der Waals surface area (Å²) in [5.41, 5.74) is 1.06. The smallest absolute Gasteiger partial charge is 0.326 e. The lowest BCUT2D eigenvalue weighted by Gasteiger charge is -2.35. The topological polar surface area (TPSA) is 89.9 Å². The highest BCUT2D eigenvalue weighted by molar-refractivity contribution is 6.01. The van der Waals surface area contributed by atoms with Gasteiger partial charge in [-0.2, -0.15) is 0 Å². The lowest BCUT2D eigenvalue weighted by Crippen LogP contribution is -2.51. The average molecular weight is 304 g/mol. The van der Waals surface area contributed by atoms with Crippen molar-refractivity contribution >= 4 is 17.6 Å². The number of piperidine rings is 1. The van der Waals surface area contributed by atoms with Crippen molar-refractivity contribution in [1.82, 2.24) is 4.90 Å². The summed E-state index contributed by atoms with van der Waals surface area (Å²) in [6.07, 6.45) is 1.44. The van der Waals surface area contributed by atoms with Gasteiger partial charge < -0.3 is 20.4 Å². The van der Waals surface area contributed by atoms with E-state index < -0.39 is 18.1 Å². The molecule has 1 amide bonds. The minimum atomic E-state index is -1.09. The number of carboxylic acid groups (broad SMARTS) is 1. The molecule has 6 heteroatoms. The number of nitrogens with zero attached hydrogens (tertiary/aromatic N) is 1. The third-order valence-electron chi connectivity index (χ3n) is 3.72. The molecule has 1 saturated heterocycles. The molecule has 1 aliphatic heterocycles. The van der Waals surface area contributed by atoms with Crippen molar-refractivity contribution < 1.29 is 19.8 Å². The molecule has 0 aromatic heterocycles. The number of carbonyl (C=O) groups excluding carboxylic acids is 1. The van der Waals surface area contributed by atoms with Gasteiger partial charge in [0.2, 0.25) is 0 Å². The molecular formula is C16H20N2O4. The number of nitrogens with one attached hydrogen (secondary N) is 1. The average Bonchev–Trinajstić information content (AvgIpc) is 2.52. The molecule has 1 aromatic rings. The van der Waals surface area contributed by atoms with Gasteiger partial charge in [0.1, 0.15) is 6.04 Å². The van der Waals surface area contributed by atoms with Crippen molar-refractivity contribution in [2.24, 2.45) is 0 Å². The molecule has 1 heterocycles. The van der Waals surface area contributed by atoms with Crippen LogP contribution in [-0.4, -0.2) is 52.2 Å². The molecule has 0 radical (unpaired) electrons. The predicted molar refractivity (Wildman–Crippen MR) is 82.8 cm³/mol. The summed E-state index contributed by atoms with van der Waals surface area (Å²) in [4.78, 5) is 25.4. The van der Waals surface area contributed by atoms with E-state index in [-0.39, 0.29) is 18.9 Å². The first-order valence-corrected chi connectivity index (χ1v) is 7.20. The van der Waals surface area contributed by atoms with Gasteiger partial charge in [0.25, 0.3) is 5.91 Å². The number of likely N-dealkylation sites (tertiary alicyclic amines) is 1. The molecule has 0 spiro atoms. The predicted octanol–water partition coefficient (Wildman–Crippen LogP) is 1.33.